The Morgan fingerprint density at radius 3 is 2.30 bits per heavy atom. The summed E-state index contributed by atoms with van der Waals surface area (Å²) >= 11 is 18.4. The van der Waals surface area contributed by atoms with Crippen LogP contribution in [0.15, 0.2) is 66.1 Å². The molecular formula is C21H15Cl2N3O2S2. The number of halogens is 2. The number of amides is 2. The molecule has 0 atom stereocenters. The molecule has 0 spiro atoms. The van der Waals surface area contributed by atoms with Crippen LogP contribution < -0.4 is 16.0 Å². The van der Waals surface area contributed by atoms with E-state index in [1.807, 2.05) is 11.4 Å². The summed E-state index contributed by atoms with van der Waals surface area (Å²) in [5.41, 5.74) is 1.98. The smallest absolute Gasteiger partial charge is 0.265 e. The number of thiocarbonyl (C=S) groups is 1. The van der Waals surface area contributed by atoms with Gasteiger partial charge in [-0.15, -0.1) is 11.3 Å². The summed E-state index contributed by atoms with van der Waals surface area (Å²) in [5.74, 6) is -0.570. The fraction of sp³-hybridized carbons (Fsp3) is 0. The second kappa shape index (κ2) is 10.4. The Hall–Kier alpha value is -2.71. The van der Waals surface area contributed by atoms with Crippen LogP contribution in [-0.2, 0) is 4.79 Å². The number of carbonyl (C=O) groups excluding carboxylic acids is 2. The average Bonchev–Trinajstić information content (AvgIpc) is 3.24. The highest BCUT2D eigenvalue weighted by atomic mass is 35.5. The molecule has 30 heavy (non-hydrogen) atoms. The zero-order valence-electron chi connectivity index (χ0n) is 15.3. The molecule has 0 saturated heterocycles. The van der Waals surface area contributed by atoms with E-state index in [1.54, 1.807) is 54.6 Å². The molecule has 5 nitrogen and oxygen atoms in total. The summed E-state index contributed by atoms with van der Waals surface area (Å²) in [6.07, 6.45) is 2.90. The third kappa shape index (κ3) is 6.40. The van der Waals surface area contributed by atoms with Crippen molar-refractivity contribution in [1.29, 1.82) is 0 Å². The number of rotatable bonds is 5. The first-order valence-corrected chi connectivity index (χ1v) is 10.6. The van der Waals surface area contributed by atoms with Crippen LogP contribution in [0.3, 0.4) is 0 Å². The molecule has 152 valence electrons. The van der Waals surface area contributed by atoms with Gasteiger partial charge in [-0.2, -0.15) is 0 Å². The van der Waals surface area contributed by atoms with Gasteiger partial charge < -0.3 is 10.6 Å². The van der Waals surface area contributed by atoms with Gasteiger partial charge in [-0.25, -0.2) is 0 Å². The van der Waals surface area contributed by atoms with E-state index in [-0.39, 0.29) is 11.0 Å². The van der Waals surface area contributed by atoms with E-state index < -0.39 is 5.91 Å². The standard InChI is InChI=1S/C21H15Cl2N3O2S2/c22-14-5-3-13(17(23)12-14)4-10-19(27)26-21(29)25-16-8-6-15(7-9-16)24-20(28)18-2-1-11-30-18/h1-12H,(H,24,28)(H2,25,26,27,29). The molecule has 0 bridgehead atoms. The maximum absolute atomic E-state index is 12.1. The lowest BCUT2D eigenvalue weighted by Gasteiger charge is -2.09. The SMILES string of the molecule is O=C(C=Cc1ccc(Cl)cc1Cl)NC(=S)Nc1ccc(NC(=O)c2cccs2)cc1. The van der Waals surface area contributed by atoms with Crippen LogP contribution in [0.25, 0.3) is 6.08 Å². The highest BCUT2D eigenvalue weighted by molar-refractivity contribution is 7.80. The molecule has 3 aromatic rings. The summed E-state index contributed by atoms with van der Waals surface area (Å²) in [5, 5.41) is 11.2. The maximum atomic E-state index is 12.1. The molecular weight excluding hydrogens is 461 g/mol. The first-order valence-electron chi connectivity index (χ1n) is 8.61. The van der Waals surface area contributed by atoms with Gasteiger partial charge in [0.15, 0.2) is 5.11 Å². The van der Waals surface area contributed by atoms with E-state index in [9.17, 15) is 9.59 Å². The van der Waals surface area contributed by atoms with Gasteiger partial charge in [0.05, 0.1) is 4.88 Å². The highest BCUT2D eigenvalue weighted by Crippen LogP contribution is 2.22. The minimum absolute atomic E-state index is 0.141. The molecule has 0 fully saturated rings. The third-order valence-corrected chi connectivity index (χ3v) is 5.39. The Labute approximate surface area is 192 Å². The summed E-state index contributed by atoms with van der Waals surface area (Å²) in [6.45, 7) is 0. The van der Waals surface area contributed by atoms with Gasteiger partial charge in [0, 0.05) is 27.5 Å². The molecule has 1 aromatic heterocycles. The van der Waals surface area contributed by atoms with Crippen molar-refractivity contribution in [3.05, 3.63) is 86.5 Å². The molecule has 9 heteroatoms. The van der Waals surface area contributed by atoms with E-state index in [1.165, 1.54) is 17.4 Å². The summed E-state index contributed by atoms with van der Waals surface area (Å²) < 4.78 is 0. The van der Waals surface area contributed by atoms with Crippen molar-refractivity contribution >= 4 is 81.1 Å². The average molecular weight is 476 g/mol. The summed E-state index contributed by atoms with van der Waals surface area (Å²) in [4.78, 5) is 24.7. The first-order chi connectivity index (χ1) is 14.4. The van der Waals surface area contributed by atoms with Crippen molar-refractivity contribution < 1.29 is 9.59 Å². The normalized spacial score (nSPS) is 10.6. The second-order valence-corrected chi connectivity index (χ2v) is 8.15. The number of hydrogen-bond acceptors (Lipinski definition) is 4. The van der Waals surface area contributed by atoms with E-state index in [4.69, 9.17) is 35.4 Å². The van der Waals surface area contributed by atoms with Crippen molar-refractivity contribution in [2.75, 3.05) is 10.6 Å². The van der Waals surface area contributed by atoms with E-state index in [0.717, 1.165) is 0 Å². The van der Waals surface area contributed by atoms with Gasteiger partial charge in [-0.1, -0.05) is 35.3 Å². The zero-order chi connectivity index (χ0) is 21.5. The molecule has 2 amide bonds. The fourth-order valence-electron chi connectivity index (χ4n) is 2.36. The number of benzene rings is 2. The molecule has 1 heterocycles. The van der Waals surface area contributed by atoms with Crippen LogP contribution >= 0.6 is 46.8 Å². The van der Waals surface area contributed by atoms with Crippen LogP contribution in [-0.4, -0.2) is 16.9 Å². The van der Waals surface area contributed by atoms with Gasteiger partial charge >= 0.3 is 0 Å². The van der Waals surface area contributed by atoms with Crippen LogP contribution in [0.5, 0.6) is 0 Å². The number of nitrogens with one attached hydrogen (secondary N) is 3. The Balaban J connectivity index is 1.51. The number of carbonyl (C=O) groups is 2. The zero-order valence-corrected chi connectivity index (χ0v) is 18.5. The van der Waals surface area contributed by atoms with Gasteiger partial charge in [0.25, 0.3) is 5.91 Å². The van der Waals surface area contributed by atoms with Gasteiger partial charge in [0.1, 0.15) is 0 Å². The van der Waals surface area contributed by atoms with Crippen LogP contribution in [0.4, 0.5) is 11.4 Å². The number of thiophene rings is 1. The van der Waals surface area contributed by atoms with Crippen LogP contribution in [0.2, 0.25) is 10.0 Å². The largest absolute Gasteiger partial charge is 0.332 e. The topological polar surface area (TPSA) is 70.2 Å². The van der Waals surface area contributed by atoms with Crippen molar-refractivity contribution in [3.8, 4) is 0 Å². The maximum Gasteiger partial charge on any atom is 0.265 e. The van der Waals surface area contributed by atoms with Crippen molar-refractivity contribution in [2.24, 2.45) is 0 Å². The van der Waals surface area contributed by atoms with Gasteiger partial charge in [-0.05, 0) is 71.7 Å². The summed E-state index contributed by atoms with van der Waals surface area (Å²) in [7, 11) is 0. The summed E-state index contributed by atoms with van der Waals surface area (Å²) in [6, 6.07) is 15.5. The van der Waals surface area contributed by atoms with Crippen molar-refractivity contribution in [2.45, 2.75) is 0 Å². The lowest BCUT2D eigenvalue weighted by molar-refractivity contribution is -0.115. The number of anilines is 2. The molecule has 0 aliphatic rings. The Morgan fingerprint density at radius 1 is 0.967 bits per heavy atom. The lowest BCUT2D eigenvalue weighted by Crippen LogP contribution is -2.32. The Bertz CT molecular complexity index is 1100. The molecule has 0 radical (unpaired) electrons. The molecule has 2 aromatic carbocycles. The highest BCUT2D eigenvalue weighted by Gasteiger charge is 2.07. The quantitative estimate of drug-likeness (QED) is 0.320. The predicted octanol–water partition coefficient (Wildman–Crippen LogP) is 5.83. The van der Waals surface area contributed by atoms with E-state index in [0.29, 0.717) is 31.9 Å². The minimum atomic E-state index is -0.404. The number of hydrogen-bond donors (Lipinski definition) is 3. The van der Waals surface area contributed by atoms with Crippen LogP contribution in [0.1, 0.15) is 15.2 Å². The lowest BCUT2D eigenvalue weighted by atomic mass is 10.2. The molecule has 0 saturated carbocycles. The van der Waals surface area contributed by atoms with E-state index >= 15 is 0 Å². The molecule has 3 N–H and O–H groups in total. The Kier molecular flexibility index (Phi) is 7.59. The molecule has 0 aliphatic carbocycles. The Morgan fingerprint density at radius 2 is 1.67 bits per heavy atom. The fourth-order valence-corrected chi connectivity index (χ4v) is 3.66. The first kappa shape index (κ1) is 22.0. The second-order valence-electron chi connectivity index (χ2n) is 5.95. The molecule has 0 aliphatic heterocycles. The predicted molar refractivity (Wildman–Crippen MR) is 129 cm³/mol. The third-order valence-electron chi connectivity index (χ3n) is 3.76. The van der Waals surface area contributed by atoms with Crippen molar-refractivity contribution in [1.82, 2.24) is 5.32 Å². The van der Waals surface area contributed by atoms with E-state index in [2.05, 4.69) is 16.0 Å². The monoisotopic (exact) mass is 475 g/mol. The van der Waals surface area contributed by atoms with Crippen LogP contribution in [0, 0.1) is 0 Å². The molecule has 3 rings (SSSR count). The van der Waals surface area contributed by atoms with Crippen molar-refractivity contribution in [3.63, 3.8) is 0 Å². The molecule has 0 unspecified atom stereocenters. The van der Waals surface area contributed by atoms with Gasteiger partial charge in [0.2, 0.25) is 5.91 Å². The minimum Gasteiger partial charge on any atom is -0.332 e. The van der Waals surface area contributed by atoms with Gasteiger partial charge in [-0.3, -0.25) is 14.9 Å².